The molecule has 2 amide bonds. The second kappa shape index (κ2) is 6.96. The fraction of sp³-hybridized carbons (Fsp3) is 0.111. The summed E-state index contributed by atoms with van der Waals surface area (Å²) in [7, 11) is 2.98. The molecular formula is C18H17N3O4. The van der Waals surface area contributed by atoms with Gasteiger partial charge in [0.05, 0.1) is 25.3 Å². The zero-order valence-corrected chi connectivity index (χ0v) is 13.8. The van der Waals surface area contributed by atoms with Crippen molar-refractivity contribution in [1.82, 2.24) is 15.8 Å². The molecule has 1 aromatic heterocycles. The molecule has 0 radical (unpaired) electrons. The van der Waals surface area contributed by atoms with Gasteiger partial charge < -0.3 is 14.5 Å². The molecule has 3 rings (SSSR count). The third-order valence-electron chi connectivity index (χ3n) is 3.78. The average molecular weight is 339 g/mol. The van der Waals surface area contributed by atoms with Crippen molar-refractivity contribution in [1.29, 1.82) is 0 Å². The van der Waals surface area contributed by atoms with Crippen LogP contribution >= 0.6 is 0 Å². The summed E-state index contributed by atoms with van der Waals surface area (Å²) < 4.78 is 10.3. The largest absolute Gasteiger partial charge is 0.497 e. The Balaban J connectivity index is 1.73. The number of hydrazine groups is 1. The van der Waals surface area contributed by atoms with E-state index in [1.54, 1.807) is 24.4 Å². The van der Waals surface area contributed by atoms with Gasteiger partial charge in [-0.3, -0.25) is 20.4 Å². The zero-order chi connectivity index (χ0) is 17.8. The van der Waals surface area contributed by atoms with Crippen LogP contribution in [0.3, 0.4) is 0 Å². The molecule has 128 valence electrons. The van der Waals surface area contributed by atoms with Gasteiger partial charge in [0.15, 0.2) is 0 Å². The molecule has 25 heavy (non-hydrogen) atoms. The first kappa shape index (κ1) is 16.4. The van der Waals surface area contributed by atoms with Gasteiger partial charge in [0, 0.05) is 23.2 Å². The van der Waals surface area contributed by atoms with Crippen molar-refractivity contribution in [3.63, 3.8) is 0 Å². The van der Waals surface area contributed by atoms with E-state index in [1.165, 1.54) is 14.2 Å². The molecule has 0 spiro atoms. The van der Waals surface area contributed by atoms with Crippen LogP contribution in [-0.2, 0) is 0 Å². The van der Waals surface area contributed by atoms with Crippen LogP contribution in [0.5, 0.6) is 11.5 Å². The smallest absolute Gasteiger partial charge is 0.273 e. The van der Waals surface area contributed by atoms with Gasteiger partial charge in [-0.15, -0.1) is 0 Å². The number of nitrogens with one attached hydrogen (secondary N) is 3. The average Bonchev–Trinajstić information content (AvgIpc) is 3.09. The van der Waals surface area contributed by atoms with Crippen LogP contribution in [-0.4, -0.2) is 31.0 Å². The Morgan fingerprint density at radius 2 is 1.64 bits per heavy atom. The van der Waals surface area contributed by atoms with E-state index in [2.05, 4.69) is 15.8 Å². The minimum absolute atomic E-state index is 0.280. The van der Waals surface area contributed by atoms with Crippen LogP contribution in [0, 0.1) is 0 Å². The Kier molecular flexibility index (Phi) is 4.56. The number of amides is 2. The van der Waals surface area contributed by atoms with Crippen LogP contribution in [0.1, 0.15) is 20.7 Å². The Labute approximate surface area is 143 Å². The molecule has 0 unspecified atom stereocenters. The van der Waals surface area contributed by atoms with Crippen molar-refractivity contribution < 1.29 is 19.1 Å². The second-order valence-corrected chi connectivity index (χ2v) is 5.22. The molecule has 0 saturated carbocycles. The topological polar surface area (TPSA) is 92.5 Å². The molecule has 7 nitrogen and oxygen atoms in total. The van der Waals surface area contributed by atoms with Crippen molar-refractivity contribution in [2.75, 3.05) is 14.2 Å². The van der Waals surface area contributed by atoms with E-state index in [4.69, 9.17) is 9.47 Å². The fourth-order valence-corrected chi connectivity index (χ4v) is 2.49. The van der Waals surface area contributed by atoms with Crippen LogP contribution < -0.4 is 20.3 Å². The number of fused-ring (bicyclic) bond motifs is 1. The lowest BCUT2D eigenvalue weighted by molar-refractivity contribution is 0.0845. The third-order valence-corrected chi connectivity index (χ3v) is 3.78. The third kappa shape index (κ3) is 3.25. The number of hydrogen-bond donors (Lipinski definition) is 3. The van der Waals surface area contributed by atoms with Crippen LogP contribution in [0.4, 0.5) is 0 Å². The number of ether oxygens (including phenoxy) is 2. The molecule has 0 bridgehead atoms. The predicted molar refractivity (Wildman–Crippen MR) is 92.8 cm³/mol. The maximum absolute atomic E-state index is 12.3. The van der Waals surface area contributed by atoms with Gasteiger partial charge >= 0.3 is 0 Å². The predicted octanol–water partition coefficient (Wildman–Crippen LogP) is 2.26. The van der Waals surface area contributed by atoms with E-state index in [-0.39, 0.29) is 5.56 Å². The molecular weight excluding hydrogens is 322 g/mol. The number of carbonyl (C=O) groups excluding carboxylic acids is 2. The summed E-state index contributed by atoms with van der Waals surface area (Å²) >= 11 is 0. The first-order valence-electron chi connectivity index (χ1n) is 7.53. The van der Waals surface area contributed by atoms with Crippen molar-refractivity contribution in [3.05, 3.63) is 59.8 Å². The minimum Gasteiger partial charge on any atom is -0.497 e. The zero-order valence-electron chi connectivity index (χ0n) is 13.8. The summed E-state index contributed by atoms with van der Waals surface area (Å²) in [5.74, 6) is 0.000365. The quantitative estimate of drug-likeness (QED) is 0.636. The van der Waals surface area contributed by atoms with Gasteiger partial charge in [0.2, 0.25) is 0 Å². The highest BCUT2D eigenvalue weighted by Gasteiger charge is 2.16. The number of aromatic nitrogens is 1. The SMILES string of the molecule is COc1ccc(C(=O)NNC(=O)c2c[nH]c3ccccc23)c(OC)c1. The summed E-state index contributed by atoms with van der Waals surface area (Å²) in [6.45, 7) is 0. The standard InChI is InChI=1S/C18H17N3O4/c1-24-11-7-8-13(16(9-11)25-2)17(22)20-21-18(23)14-10-19-15-6-4-3-5-12(14)15/h3-10,19H,1-2H3,(H,20,22)(H,21,23). The molecule has 0 atom stereocenters. The van der Waals surface area contributed by atoms with Gasteiger partial charge in [-0.1, -0.05) is 18.2 Å². The van der Waals surface area contributed by atoms with Crippen LogP contribution in [0.15, 0.2) is 48.7 Å². The lowest BCUT2D eigenvalue weighted by Crippen LogP contribution is -2.41. The number of hydrogen-bond acceptors (Lipinski definition) is 4. The number of aromatic amines is 1. The van der Waals surface area contributed by atoms with Crippen molar-refractivity contribution in [3.8, 4) is 11.5 Å². The van der Waals surface area contributed by atoms with Crippen molar-refractivity contribution in [2.24, 2.45) is 0 Å². The maximum Gasteiger partial charge on any atom is 0.273 e. The Bertz CT molecular complexity index is 933. The highest BCUT2D eigenvalue weighted by molar-refractivity contribution is 6.07. The molecule has 0 fully saturated rings. The number of methoxy groups -OCH3 is 2. The van der Waals surface area contributed by atoms with Gasteiger partial charge in [-0.05, 0) is 18.2 Å². The summed E-state index contributed by atoms with van der Waals surface area (Å²) in [6.07, 6.45) is 1.60. The van der Waals surface area contributed by atoms with Gasteiger partial charge in [0.25, 0.3) is 11.8 Å². The van der Waals surface area contributed by atoms with E-state index in [0.29, 0.717) is 17.1 Å². The highest BCUT2D eigenvalue weighted by atomic mass is 16.5. The number of carbonyl (C=O) groups is 2. The summed E-state index contributed by atoms with van der Waals surface area (Å²) in [4.78, 5) is 27.6. The monoisotopic (exact) mass is 339 g/mol. The number of rotatable bonds is 4. The molecule has 3 aromatic rings. The lowest BCUT2D eigenvalue weighted by atomic mass is 10.1. The Hall–Kier alpha value is -3.48. The molecule has 0 aliphatic rings. The first-order chi connectivity index (χ1) is 12.1. The first-order valence-corrected chi connectivity index (χ1v) is 7.53. The number of benzene rings is 2. The van der Waals surface area contributed by atoms with E-state index < -0.39 is 11.8 Å². The molecule has 3 N–H and O–H groups in total. The molecule has 0 aliphatic carbocycles. The molecule has 0 aliphatic heterocycles. The minimum atomic E-state index is -0.493. The second-order valence-electron chi connectivity index (χ2n) is 5.22. The Morgan fingerprint density at radius 3 is 2.36 bits per heavy atom. The highest BCUT2D eigenvalue weighted by Crippen LogP contribution is 2.24. The van der Waals surface area contributed by atoms with Gasteiger partial charge in [0.1, 0.15) is 11.5 Å². The maximum atomic E-state index is 12.3. The normalized spacial score (nSPS) is 10.3. The van der Waals surface area contributed by atoms with E-state index in [9.17, 15) is 9.59 Å². The molecule has 0 saturated heterocycles. The van der Waals surface area contributed by atoms with Crippen LogP contribution in [0.2, 0.25) is 0 Å². The van der Waals surface area contributed by atoms with E-state index in [1.807, 2.05) is 24.3 Å². The van der Waals surface area contributed by atoms with Gasteiger partial charge in [-0.25, -0.2) is 0 Å². The van der Waals surface area contributed by atoms with E-state index >= 15 is 0 Å². The summed E-state index contributed by atoms with van der Waals surface area (Å²) in [5.41, 5.74) is 6.37. The number of para-hydroxylation sites is 1. The molecule has 2 aromatic carbocycles. The van der Waals surface area contributed by atoms with Gasteiger partial charge in [-0.2, -0.15) is 0 Å². The number of H-pyrrole nitrogens is 1. The molecule has 7 heteroatoms. The summed E-state index contributed by atoms with van der Waals surface area (Å²) in [5, 5.41) is 0.774. The Morgan fingerprint density at radius 1 is 0.920 bits per heavy atom. The van der Waals surface area contributed by atoms with Crippen molar-refractivity contribution in [2.45, 2.75) is 0 Å². The van der Waals surface area contributed by atoms with Crippen LogP contribution in [0.25, 0.3) is 10.9 Å². The van der Waals surface area contributed by atoms with E-state index in [0.717, 1.165) is 10.9 Å². The molecule has 1 heterocycles. The fourth-order valence-electron chi connectivity index (χ4n) is 2.49. The lowest BCUT2D eigenvalue weighted by Gasteiger charge is -2.11. The van der Waals surface area contributed by atoms with Crippen molar-refractivity contribution >= 4 is 22.7 Å². The summed E-state index contributed by atoms with van der Waals surface area (Å²) in [6, 6.07) is 12.2.